The maximum atomic E-state index is 15.6. The Kier molecular flexibility index (Phi) is 7.47. The van der Waals surface area contributed by atoms with E-state index in [0.29, 0.717) is 18.9 Å². The molecule has 1 heterocycles. The van der Waals surface area contributed by atoms with Crippen molar-refractivity contribution < 1.29 is 39.6 Å². The maximum absolute atomic E-state index is 15.6. The molecule has 2 amide bonds. The van der Waals surface area contributed by atoms with Gasteiger partial charge in [-0.3, -0.25) is 0 Å². The summed E-state index contributed by atoms with van der Waals surface area (Å²) in [5.74, 6) is -6.43. The van der Waals surface area contributed by atoms with Crippen LogP contribution in [-0.4, -0.2) is 55.9 Å². The van der Waals surface area contributed by atoms with Gasteiger partial charge in [-0.1, -0.05) is 18.2 Å². The number of sulfonamides is 1. The van der Waals surface area contributed by atoms with Gasteiger partial charge in [-0.15, -0.1) is 0 Å². The van der Waals surface area contributed by atoms with Crippen LogP contribution in [-0.2, 0) is 16.4 Å². The lowest BCUT2D eigenvalue weighted by Crippen LogP contribution is -2.53. The van der Waals surface area contributed by atoms with E-state index in [0.717, 1.165) is 12.1 Å². The van der Waals surface area contributed by atoms with Gasteiger partial charge in [0.1, 0.15) is 23.1 Å². The molecule has 2 N–H and O–H groups in total. The number of hydrogen-bond acceptors (Lipinski definition) is 3. The second-order valence-electron chi connectivity index (χ2n) is 10.5. The fraction of sp³-hybridized carbons (Fsp3) is 0.480. The first-order valence-corrected chi connectivity index (χ1v) is 13.4. The zero-order chi connectivity index (χ0) is 28.0. The molecule has 0 unspecified atom stereocenters. The lowest BCUT2D eigenvalue weighted by molar-refractivity contribution is 0.170. The summed E-state index contributed by atoms with van der Waals surface area (Å²) in [6.07, 6.45) is 0.564. The Morgan fingerprint density at radius 3 is 2.32 bits per heavy atom. The predicted molar refractivity (Wildman–Crippen MR) is 128 cm³/mol. The molecule has 2 aliphatic rings. The van der Waals surface area contributed by atoms with E-state index >= 15 is 4.39 Å². The molecule has 1 spiro atoms. The Balaban J connectivity index is 1.71. The molecule has 0 aromatic heterocycles. The molecule has 1 saturated carbocycles. The average molecular weight is 564 g/mol. The third kappa shape index (κ3) is 5.93. The summed E-state index contributed by atoms with van der Waals surface area (Å²) >= 11 is 0. The van der Waals surface area contributed by atoms with E-state index in [-0.39, 0.29) is 36.2 Å². The van der Waals surface area contributed by atoms with Gasteiger partial charge in [0.25, 0.3) is 10.0 Å². The normalized spacial score (nSPS) is 20.8. The number of benzene rings is 2. The zero-order valence-corrected chi connectivity index (χ0v) is 21.4. The molecule has 2 aromatic carbocycles. The van der Waals surface area contributed by atoms with E-state index in [2.05, 4.69) is 5.32 Å². The number of carbonyl (C=O) groups excluding carboxylic acids is 1. The SMILES string of the molecule is CC(C)(F)CNC(=O)N1CC2(CC2)[C@H](NS(=O)(=O)C(F)F)[C@@H]1Cc1cccc(-c2cc(F)cc(F)c2)c1F. The summed E-state index contributed by atoms with van der Waals surface area (Å²) in [6.45, 7) is 2.10. The van der Waals surface area contributed by atoms with Crippen molar-refractivity contribution in [2.75, 3.05) is 13.1 Å². The van der Waals surface area contributed by atoms with Crippen molar-refractivity contribution in [1.82, 2.24) is 14.9 Å². The molecule has 1 aliphatic heterocycles. The van der Waals surface area contributed by atoms with Crippen LogP contribution in [0.3, 0.4) is 0 Å². The van der Waals surface area contributed by atoms with E-state index in [9.17, 15) is 35.2 Å². The molecule has 1 saturated heterocycles. The van der Waals surface area contributed by atoms with Gasteiger partial charge in [0.2, 0.25) is 0 Å². The molecule has 6 nitrogen and oxygen atoms in total. The van der Waals surface area contributed by atoms with Crippen molar-refractivity contribution in [3.8, 4) is 11.1 Å². The topological polar surface area (TPSA) is 78.5 Å². The smallest absolute Gasteiger partial charge is 0.335 e. The van der Waals surface area contributed by atoms with Crippen LogP contribution in [0, 0.1) is 22.9 Å². The number of nitrogens with one attached hydrogen (secondary N) is 2. The van der Waals surface area contributed by atoms with Crippen molar-refractivity contribution in [1.29, 1.82) is 0 Å². The Morgan fingerprint density at radius 2 is 1.76 bits per heavy atom. The van der Waals surface area contributed by atoms with Crippen LogP contribution in [0.1, 0.15) is 32.3 Å². The second kappa shape index (κ2) is 10.1. The molecule has 1 aliphatic carbocycles. The van der Waals surface area contributed by atoms with Gasteiger partial charge in [-0.25, -0.2) is 35.5 Å². The van der Waals surface area contributed by atoms with Crippen molar-refractivity contribution in [3.05, 3.63) is 59.4 Å². The molecular weight excluding hydrogens is 536 g/mol. The number of nitrogens with zero attached hydrogens (tertiary/aromatic N) is 1. The quantitative estimate of drug-likeness (QED) is 0.456. The minimum atomic E-state index is -5.07. The van der Waals surface area contributed by atoms with Gasteiger partial charge < -0.3 is 10.2 Å². The maximum Gasteiger partial charge on any atom is 0.350 e. The van der Waals surface area contributed by atoms with Gasteiger partial charge >= 0.3 is 11.8 Å². The lowest BCUT2D eigenvalue weighted by Gasteiger charge is -2.30. The molecule has 2 aromatic rings. The third-order valence-corrected chi connectivity index (χ3v) is 8.00. The number of carbonyl (C=O) groups is 1. The van der Waals surface area contributed by atoms with Gasteiger partial charge in [-0.05, 0) is 56.4 Å². The highest BCUT2D eigenvalue weighted by atomic mass is 32.2. The number of halogens is 6. The Morgan fingerprint density at radius 1 is 1.13 bits per heavy atom. The summed E-state index contributed by atoms with van der Waals surface area (Å²) in [5.41, 5.74) is -2.85. The van der Waals surface area contributed by atoms with E-state index in [4.69, 9.17) is 0 Å². The Bertz CT molecular complexity index is 1310. The van der Waals surface area contributed by atoms with Crippen molar-refractivity contribution >= 4 is 16.1 Å². The molecule has 38 heavy (non-hydrogen) atoms. The highest BCUT2D eigenvalue weighted by Crippen LogP contribution is 2.55. The first-order valence-electron chi connectivity index (χ1n) is 11.9. The molecular formula is C25H27F6N3O3S. The van der Waals surface area contributed by atoms with Crippen LogP contribution in [0.4, 0.5) is 31.1 Å². The summed E-state index contributed by atoms with van der Waals surface area (Å²) in [4.78, 5) is 14.3. The number of rotatable bonds is 8. The van der Waals surface area contributed by atoms with E-state index < -0.39 is 62.4 Å². The first kappa shape index (κ1) is 28.2. The number of hydrogen-bond donors (Lipinski definition) is 2. The number of urea groups is 1. The van der Waals surface area contributed by atoms with Crippen LogP contribution >= 0.6 is 0 Å². The zero-order valence-electron chi connectivity index (χ0n) is 20.6. The largest absolute Gasteiger partial charge is 0.350 e. The highest BCUT2D eigenvalue weighted by molar-refractivity contribution is 7.89. The lowest BCUT2D eigenvalue weighted by atomic mass is 9.91. The van der Waals surface area contributed by atoms with Crippen molar-refractivity contribution in [3.63, 3.8) is 0 Å². The minimum Gasteiger partial charge on any atom is -0.335 e. The molecule has 13 heteroatoms. The fourth-order valence-electron chi connectivity index (χ4n) is 4.94. The molecule has 208 valence electrons. The van der Waals surface area contributed by atoms with Gasteiger partial charge in [0.15, 0.2) is 0 Å². The fourth-order valence-corrected chi connectivity index (χ4v) is 5.80. The van der Waals surface area contributed by atoms with E-state index in [1.165, 1.54) is 36.9 Å². The highest BCUT2D eigenvalue weighted by Gasteiger charge is 2.62. The standard InChI is InChI=1S/C25H27F6N3O3S/c1-24(2,31)12-32-23(35)34-13-25(6-7-25)21(33-38(36,37)22(29)30)19(34)10-14-4-3-5-18(20(14)28)15-8-16(26)11-17(27)9-15/h3-5,8-9,11,19,21-22,33H,6-7,10,12-13H2,1-2H3,(H,32,35)/t19-,21+/m0/s1. The molecule has 2 fully saturated rings. The Hall–Kier alpha value is -2.80. The van der Waals surface area contributed by atoms with Crippen LogP contribution in [0.5, 0.6) is 0 Å². The monoisotopic (exact) mass is 563 g/mol. The molecule has 0 radical (unpaired) electrons. The van der Waals surface area contributed by atoms with Crippen LogP contribution in [0.2, 0.25) is 0 Å². The van der Waals surface area contributed by atoms with Crippen LogP contribution < -0.4 is 10.0 Å². The number of amides is 2. The first-order chi connectivity index (χ1) is 17.6. The van der Waals surface area contributed by atoms with Crippen molar-refractivity contribution in [2.45, 2.75) is 56.6 Å². The van der Waals surface area contributed by atoms with Crippen molar-refractivity contribution in [2.24, 2.45) is 5.41 Å². The summed E-state index contributed by atoms with van der Waals surface area (Å²) in [6, 6.07) is 3.56. The second-order valence-corrected chi connectivity index (χ2v) is 12.2. The van der Waals surface area contributed by atoms with Gasteiger partial charge in [0.05, 0.1) is 18.6 Å². The average Bonchev–Trinajstić information content (AvgIpc) is 3.52. The number of likely N-dealkylation sites (tertiary alicyclic amines) is 1. The Labute approximate surface area is 216 Å². The van der Waals surface area contributed by atoms with Gasteiger partial charge in [-0.2, -0.15) is 8.78 Å². The van der Waals surface area contributed by atoms with E-state index in [1.54, 1.807) is 0 Å². The summed E-state index contributed by atoms with van der Waals surface area (Å²) in [7, 11) is -5.07. The predicted octanol–water partition coefficient (Wildman–Crippen LogP) is 4.75. The van der Waals surface area contributed by atoms with Crippen LogP contribution in [0.25, 0.3) is 11.1 Å². The summed E-state index contributed by atoms with van der Waals surface area (Å²) < 4.78 is 110. The van der Waals surface area contributed by atoms with Crippen LogP contribution in [0.15, 0.2) is 36.4 Å². The molecule has 4 rings (SSSR count). The number of alkyl halides is 3. The van der Waals surface area contributed by atoms with Gasteiger partial charge in [0, 0.05) is 23.6 Å². The summed E-state index contributed by atoms with van der Waals surface area (Å²) in [5, 5.41) is 2.43. The molecule has 2 atom stereocenters. The third-order valence-electron chi connectivity index (χ3n) is 6.95. The van der Waals surface area contributed by atoms with E-state index in [1.807, 2.05) is 4.72 Å². The minimum absolute atomic E-state index is 0.0109. The molecule has 0 bridgehead atoms.